The van der Waals surface area contributed by atoms with Gasteiger partial charge in [0, 0.05) is 94.7 Å². The van der Waals surface area contributed by atoms with Gasteiger partial charge in [-0.1, -0.05) is 37.1 Å². The molecule has 9 rings (SSSR count). The number of nitrogens with zero attached hydrogens (tertiary/aromatic N) is 7. The molecule has 4 fully saturated rings. The zero-order valence-corrected chi connectivity index (χ0v) is 36.5. The summed E-state index contributed by atoms with van der Waals surface area (Å²) in [5, 5.41) is 24.5. The Bertz CT molecular complexity index is 2470. The molecule has 5 aliphatic rings. The highest BCUT2D eigenvalue weighted by Gasteiger charge is 2.52. The molecule has 1 atom stereocenters. The quantitative estimate of drug-likeness (QED) is 0.0916. The van der Waals surface area contributed by atoms with E-state index in [1.54, 1.807) is 30.3 Å². The number of amides is 5. The maximum atomic E-state index is 13.3. The summed E-state index contributed by atoms with van der Waals surface area (Å²) < 4.78 is 6.29. The number of rotatable bonds is 16. The fourth-order valence-corrected chi connectivity index (χ4v) is 9.68. The third-order valence-corrected chi connectivity index (χ3v) is 13.4. The first-order chi connectivity index (χ1) is 31.6. The summed E-state index contributed by atoms with van der Waals surface area (Å²) in [6.07, 6.45) is 6.29. The molecule has 340 valence electrons. The third kappa shape index (κ3) is 9.28. The molecule has 0 bridgehead atoms. The van der Waals surface area contributed by atoms with Gasteiger partial charge in [-0.2, -0.15) is 0 Å². The molecule has 0 radical (unpaired) electrons. The number of benzene rings is 3. The number of anilines is 4. The summed E-state index contributed by atoms with van der Waals surface area (Å²) in [5.74, 6) is -0.522. The summed E-state index contributed by atoms with van der Waals surface area (Å²) in [6, 6.07) is 21.5. The van der Waals surface area contributed by atoms with E-state index < -0.39 is 29.7 Å². The van der Waals surface area contributed by atoms with Crippen molar-refractivity contribution in [3.05, 3.63) is 83.9 Å². The average molecular weight is 885 g/mol. The highest BCUT2D eigenvalue weighted by atomic mass is 16.5. The largest absolute Gasteiger partial charge is 0.507 e. The van der Waals surface area contributed by atoms with Crippen LogP contribution in [0.4, 0.5) is 22.9 Å². The highest BCUT2D eigenvalue weighted by molar-refractivity contribution is 6.25. The number of piperazine rings is 2. The molecular weight excluding hydrogens is 829 g/mol. The van der Waals surface area contributed by atoms with Crippen LogP contribution >= 0.6 is 0 Å². The number of nitrogens with two attached hydrogens (primary N) is 1. The number of aromatic nitrogens is 2. The Balaban J connectivity index is 0.665. The van der Waals surface area contributed by atoms with Crippen molar-refractivity contribution in [2.45, 2.75) is 69.4 Å². The van der Waals surface area contributed by atoms with Crippen LogP contribution < -0.4 is 30.9 Å². The van der Waals surface area contributed by atoms with Crippen molar-refractivity contribution >= 4 is 52.4 Å². The predicted molar refractivity (Wildman–Crippen MR) is 245 cm³/mol. The van der Waals surface area contributed by atoms with Gasteiger partial charge in [0.2, 0.25) is 17.7 Å². The van der Waals surface area contributed by atoms with Crippen LogP contribution in [0.25, 0.3) is 11.3 Å². The molecule has 17 heteroatoms. The Morgan fingerprint density at radius 2 is 1.65 bits per heavy atom. The normalized spacial score (nSPS) is 19.4. The van der Waals surface area contributed by atoms with Gasteiger partial charge in [-0.25, -0.2) is 0 Å². The number of imide groups is 2. The van der Waals surface area contributed by atoms with E-state index in [0.717, 1.165) is 99.8 Å². The average Bonchev–Trinajstić information content (AvgIpc) is 4.02. The van der Waals surface area contributed by atoms with Crippen LogP contribution in [0.3, 0.4) is 0 Å². The topological polar surface area (TPSA) is 207 Å². The van der Waals surface area contributed by atoms with E-state index in [1.807, 2.05) is 29.2 Å². The van der Waals surface area contributed by atoms with Gasteiger partial charge < -0.3 is 35.6 Å². The van der Waals surface area contributed by atoms with Crippen LogP contribution in [0, 0.1) is 0 Å². The molecule has 1 aliphatic carbocycles. The summed E-state index contributed by atoms with van der Waals surface area (Å²) in [5.41, 5.74) is 10.6. The number of ether oxygens (including phenoxy) is 1. The Labute approximate surface area is 377 Å². The van der Waals surface area contributed by atoms with Crippen molar-refractivity contribution in [1.82, 2.24) is 30.2 Å². The van der Waals surface area contributed by atoms with E-state index in [9.17, 15) is 29.1 Å². The first-order valence-corrected chi connectivity index (χ1v) is 22.8. The minimum Gasteiger partial charge on any atom is -0.507 e. The van der Waals surface area contributed by atoms with Crippen LogP contribution in [0.5, 0.6) is 11.5 Å². The number of carbonyl (C=O) groups excluding carboxylic acids is 5. The van der Waals surface area contributed by atoms with Crippen molar-refractivity contribution in [1.29, 1.82) is 0 Å². The smallest absolute Gasteiger partial charge is 0.264 e. The zero-order valence-electron chi connectivity index (χ0n) is 36.5. The van der Waals surface area contributed by atoms with Gasteiger partial charge in [0.15, 0.2) is 5.82 Å². The molecule has 4 aromatic rings. The number of piperidine rings is 1. The highest BCUT2D eigenvalue weighted by Crippen LogP contribution is 2.48. The number of hydrogen-bond donors (Lipinski definition) is 4. The molecule has 1 saturated carbocycles. The molecule has 5 amide bonds. The fraction of sp³-hybridized carbons (Fsp3) is 0.438. The molecule has 4 aliphatic heterocycles. The standard InChI is InChI=1S/C48H56N10O7/c49-44-39(30-37(52-53-44)34-11-4-5-14-40(34)59)56-25-26-57(48(31-56)18-19-48)32-9-7-10-33(29-32)65-28-27-54-21-23-55(24-22-54)42(61)15-3-1-2-6-20-50-36-13-8-12-35-43(36)47(64)58(46(35)63)38-16-17-41(60)51-45(38)62/h4-5,7-14,29-30,38,50,59H,1-3,6,15-28,31H2,(H2,49,53)(H,51,60,62). The van der Waals surface area contributed by atoms with Crippen molar-refractivity contribution in [2.75, 3.05) is 86.4 Å². The maximum absolute atomic E-state index is 13.3. The van der Waals surface area contributed by atoms with Crippen molar-refractivity contribution in [3.8, 4) is 22.8 Å². The fourth-order valence-electron chi connectivity index (χ4n) is 9.68. The number of phenolic OH excluding ortho intramolecular Hbond substituents is 1. The first kappa shape index (κ1) is 43.5. The maximum Gasteiger partial charge on any atom is 0.264 e. The number of nitrogens with one attached hydrogen (secondary N) is 2. The lowest BCUT2D eigenvalue weighted by molar-refractivity contribution is -0.136. The molecule has 1 unspecified atom stereocenters. The molecule has 65 heavy (non-hydrogen) atoms. The first-order valence-electron chi connectivity index (χ1n) is 22.8. The number of fused-ring (bicyclic) bond motifs is 1. The van der Waals surface area contributed by atoms with E-state index in [-0.39, 0.29) is 41.2 Å². The van der Waals surface area contributed by atoms with E-state index in [4.69, 9.17) is 10.5 Å². The van der Waals surface area contributed by atoms with E-state index in [1.165, 1.54) is 0 Å². The minimum atomic E-state index is -1.00. The number of unbranched alkanes of at least 4 members (excludes halogenated alkanes) is 3. The summed E-state index contributed by atoms with van der Waals surface area (Å²) >= 11 is 0. The number of para-hydroxylation sites is 1. The molecule has 17 nitrogen and oxygen atoms in total. The summed E-state index contributed by atoms with van der Waals surface area (Å²) in [6.45, 7) is 7.34. The SMILES string of the molecule is Nc1nnc(-c2ccccc2O)cc1N1CCN(c2cccc(OCCN3CCN(C(=O)CCCCCCNc4cccc5c4C(=O)N(C4CCC(=O)NC4=O)C5=O)CC3)c2)C2(CC2)C1. The Morgan fingerprint density at radius 3 is 2.45 bits per heavy atom. The molecule has 1 spiro atoms. The lowest BCUT2D eigenvalue weighted by Gasteiger charge is -2.44. The number of aromatic hydroxyl groups is 1. The Hall–Kier alpha value is -6.75. The van der Waals surface area contributed by atoms with Gasteiger partial charge in [0.1, 0.15) is 24.1 Å². The van der Waals surface area contributed by atoms with Crippen LogP contribution in [-0.4, -0.2) is 137 Å². The van der Waals surface area contributed by atoms with Gasteiger partial charge in [-0.3, -0.25) is 39.1 Å². The van der Waals surface area contributed by atoms with Crippen molar-refractivity contribution in [3.63, 3.8) is 0 Å². The number of carbonyl (C=O) groups is 5. The molecular formula is C48H56N10O7. The molecule has 3 aromatic carbocycles. The number of hydrogen-bond acceptors (Lipinski definition) is 14. The van der Waals surface area contributed by atoms with Crippen LogP contribution in [0.15, 0.2) is 72.8 Å². The van der Waals surface area contributed by atoms with Crippen LogP contribution in [-0.2, 0) is 14.4 Å². The second-order valence-electron chi connectivity index (χ2n) is 17.6. The summed E-state index contributed by atoms with van der Waals surface area (Å²) in [4.78, 5) is 73.7. The lowest BCUT2D eigenvalue weighted by Crippen LogP contribution is -2.55. The molecule has 5 heterocycles. The number of phenols is 1. The minimum absolute atomic E-state index is 0.00131. The van der Waals surface area contributed by atoms with Gasteiger partial charge in [0.05, 0.1) is 28.0 Å². The Morgan fingerprint density at radius 1 is 0.862 bits per heavy atom. The van der Waals surface area contributed by atoms with Crippen LogP contribution in [0.1, 0.15) is 78.5 Å². The second-order valence-corrected chi connectivity index (χ2v) is 17.6. The van der Waals surface area contributed by atoms with Crippen molar-refractivity contribution < 1.29 is 33.8 Å². The number of nitrogen functional groups attached to an aromatic ring is 1. The molecule has 5 N–H and O–H groups in total. The van der Waals surface area contributed by atoms with Gasteiger partial charge >= 0.3 is 0 Å². The zero-order chi connectivity index (χ0) is 45.1. The monoisotopic (exact) mass is 884 g/mol. The predicted octanol–water partition coefficient (Wildman–Crippen LogP) is 4.28. The van der Waals surface area contributed by atoms with Crippen LogP contribution in [0.2, 0.25) is 0 Å². The molecule has 3 saturated heterocycles. The van der Waals surface area contributed by atoms with E-state index in [0.29, 0.717) is 55.4 Å². The van der Waals surface area contributed by atoms with Gasteiger partial charge in [0.25, 0.3) is 11.8 Å². The molecule has 1 aromatic heterocycles. The lowest BCUT2D eigenvalue weighted by atomic mass is 10.0. The van der Waals surface area contributed by atoms with Gasteiger partial charge in [-0.05, 0) is 74.6 Å². The Kier molecular flexibility index (Phi) is 12.6. The third-order valence-electron chi connectivity index (χ3n) is 13.4. The van der Waals surface area contributed by atoms with E-state index >= 15 is 0 Å². The van der Waals surface area contributed by atoms with Crippen molar-refractivity contribution in [2.24, 2.45) is 0 Å². The van der Waals surface area contributed by atoms with Gasteiger partial charge in [-0.15, -0.1) is 10.2 Å². The van der Waals surface area contributed by atoms with E-state index in [2.05, 4.69) is 53.7 Å². The summed E-state index contributed by atoms with van der Waals surface area (Å²) in [7, 11) is 0. The second kappa shape index (κ2) is 18.8.